The molecule has 206 valence electrons. The highest BCUT2D eigenvalue weighted by Gasteiger charge is 2.32. The van der Waals surface area contributed by atoms with Crippen LogP contribution in [0.4, 0.5) is 18.9 Å². The third-order valence-corrected chi connectivity index (χ3v) is 7.61. The van der Waals surface area contributed by atoms with Gasteiger partial charge in [0.15, 0.2) is 0 Å². The Hall–Kier alpha value is -2.65. The smallest absolute Gasteiger partial charge is 0.489 e. The minimum Gasteiger partial charge on any atom is -0.489 e. The number of ether oxygens (including phenoxy) is 2. The molecule has 0 bridgehead atoms. The highest BCUT2D eigenvalue weighted by Crippen LogP contribution is 2.33. The summed E-state index contributed by atoms with van der Waals surface area (Å²) in [5, 5.41) is 3.89. The Balaban J connectivity index is 1.19. The molecule has 2 aromatic carbocycles. The first-order valence-corrected chi connectivity index (χ1v) is 13.7. The molecule has 2 atom stereocenters. The van der Waals surface area contributed by atoms with Crippen molar-refractivity contribution in [2.45, 2.75) is 57.0 Å². The van der Waals surface area contributed by atoms with Crippen LogP contribution in [0.1, 0.15) is 37.7 Å². The van der Waals surface area contributed by atoms with Gasteiger partial charge in [-0.3, -0.25) is 4.79 Å². The quantitative estimate of drug-likeness (QED) is 0.427. The summed E-state index contributed by atoms with van der Waals surface area (Å²) in [6.07, 6.45) is 1.38. The molecule has 2 saturated heterocycles. The van der Waals surface area contributed by atoms with Crippen LogP contribution in [0.5, 0.6) is 11.5 Å². The molecule has 1 amide bonds. The normalized spacial score (nSPS) is 20.9. The Morgan fingerprint density at radius 2 is 1.79 bits per heavy atom. The maximum absolute atomic E-state index is 13.3. The molecule has 10 heteroatoms. The number of rotatable bonds is 10. The Labute approximate surface area is 226 Å². The second kappa shape index (κ2) is 11.6. The molecular weight excluding hydrogens is 519 g/mol. The van der Waals surface area contributed by atoms with Crippen molar-refractivity contribution in [3.8, 4) is 11.5 Å². The number of nitrogens with zero attached hydrogens (tertiary/aromatic N) is 2. The maximum Gasteiger partial charge on any atom is 0.573 e. The zero-order chi connectivity index (χ0) is 26.7. The van der Waals surface area contributed by atoms with Gasteiger partial charge in [0.25, 0.3) is 0 Å². The van der Waals surface area contributed by atoms with E-state index in [0.29, 0.717) is 36.7 Å². The van der Waals surface area contributed by atoms with Crippen LogP contribution in [0.25, 0.3) is 0 Å². The predicted octanol–water partition coefficient (Wildman–Crippen LogP) is 5.43. The van der Waals surface area contributed by atoms with E-state index in [2.05, 4.69) is 15.0 Å². The number of carbonyl (C=O) groups is 1. The molecule has 1 aliphatic carbocycles. The highest BCUT2D eigenvalue weighted by molar-refractivity contribution is 6.32. The van der Waals surface area contributed by atoms with E-state index in [9.17, 15) is 18.0 Å². The van der Waals surface area contributed by atoms with E-state index in [1.165, 1.54) is 25.0 Å². The number of anilines is 1. The molecule has 1 N–H and O–H groups in total. The number of carbonyl (C=O) groups excluding carboxylic acids is 1. The summed E-state index contributed by atoms with van der Waals surface area (Å²) in [6.45, 7) is 4.02. The molecule has 2 aliphatic heterocycles. The summed E-state index contributed by atoms with van der Waals surface area (Å²) >= 11 is 6.49. The van der Waals surface area contributed by atoms with Crippen molar-refractivity contribution in [2.75, 3.05) is 37.6 Å². The van der Waals surface area contributed by atoms with Gasteiger partial charge >= 0.3 is 6.36 Å². The minimum atomic E-state index is -4.72. The Morgan fingerprint density at radius 3 is 2.45 bits per heavy atom. The van der Waals surface area contributed by atoms with E-state index in [1.807, 2.05) is 23.1 Å². The van der Waals surface area contributed by atoms with Gasteiger partial charge in [0.1, 0.15) is 11.5 Å². The molecule has 3 aliphatic rings. The molecule has 1 saturated carbocycles. The second-order valence-electron chi connectivity index (χ2n) is 10.5. The van der Waals surface area contributed by atoms with Gasteiger partial charge in [-0.15, -0.1) is 13.2 Å². The third kappa shape index (κ3) is 7.47. The van der Waals surface area contributed by atoms with Crippen molar-refractivity contribution in [3.63, 3.8) is 0 Å². The standard InChI is InChI=1S/C28H33ClF3N3O3/c29-25-16-19(3-10-26(25)37-23-8-9-23)15-21(18-34-12-1-2-13-34)33-27(36)20-11-14-35(17-20)22-4-6-24(7-5-22)38-28(30,31)32/h3-7,10,16,20-21,23H,1-2,8-9,11-15,17-18H2,(H,33,36). The van der Waals surface area contributed by atoms with Gasteiger partial charge in [-0.1, -0.05) is 17.7 Å². The molecule has 0 spiro atoms. The summed E-state index contributed by atoms with van der Waals surface area (Å²) in [6, 6.07) is 11.6. The van der Waals surface area contributed by atoms with Crippen molar-refractivity contribution in [3.05, 3.63) is 53.1 Å². The molecule has 2 heterocycles. The van der Waals surface area contributed by atoms with E-state index >= 15 is 0 Å². The molecule has 5 rings (SSSR count). The van der Waals surface area contributed by atoms with Crippen molar-refractivity contribution in [2.24, 2.45) is 5.92 Å². The summed E-state index contributed by atoms with van der Waals surface area (Å²) in [5.74, 6) is 0.266. The number of hydrogen-bond acceptors (Lipinski definition) is 5. The van der Waals surface area contributed by atoms with Crippen LogP contribution < -0.4 is 19.7 Å². The summed E-state index contributed by atoms with van der Waals surface area (Å²) in [7, 11) is 0. The Kier molecular flexibility index (Phi) is 8.23. The molecule has 2 unspecified atom stereocenters. The van der Waals surface area contributed by atoms with Crippen molar-refractivity contribution in [1.29, 1.82) is 0 Å². The molecule has 0 aromatic heterocycles. The summed E-state index contributed by atoms with van der Waals surface area (Å²) in [4.78, 5) is 17.7. The van der Waals surface area contributed by atoms with Gasteiger partial charge in [-0.05, 0) is 93.6 Å². The average molecular weight is 552 g/mol. The second-order valence-corrected chi connectivity index (χ2v) is 10.9. The van der Waals surface area contributed by atoms with Gasteiger partial charge in [-0.2, -0.15) is 0 Å². The first kappa shape index (κ1) is 26.9. The lowest BCUT2D eigenvalue weighted by molar-refractivity contribution is -0.274. The Bertz CT molecular complexity index is 1100. The highest BCUT2D eigenvalue weighted by atomic mass is 35.5. The lowest BCUT2D eigenvalue weighted by Crippen LogP contribution is -2.46. The van der Waals surface area contributed by atoms with Crippen molar-refractivity contribution < 1.29 is 27.4 Å². The number of hydrogen-bond donors (Lipinski definition) is 1. The molecule has 2 aromatic rings. The van der Waals surface area contributed by atoms with Crippen molar-refractivity contribution in [1.82, 2.24) is 10.2 Å². The van der Waals surface area contributed by atoms with E-state index < -0.39 is 6.36 Å². The van der Waals surface area contributed by atoms with Gasteiger partial charge in [0.2, 0.25) is 5.91 Å². The van der Waals surface area contributed by atoms with Crippen LogP contribution in [0.3, 0.4) is 0 Å². The summed E-state index contributed by atoms with van der Waals surface area (Å²) in [5.41, 5.74) is 1.82. The van der Waals surface area contributed by atoms with Crippen LogP contribution in [-0.4, -0.2) is 62.0 Å². The SMILES string of the molecule is O=C(NC(Cc1ccc(OC2CC2)c(Cl)c1)CN1CCCC1)C1CCN(c2ccc(OC(F)(F)F)cc2)C1. The molecule has 3 fully saturated rings. The van der Waals surface area contributed by atoms with Crippen molar-refractivity contribution >= 4 is 23.2 Å². The zero-order valence-electron chi connectivity index (χ0n) is 21.2. The fourth-order valence-electron chi connectivity index (χ4n) is 5.24. The number of likely N-dealkylation sites (tertiary alicyclic amines) is 1. The van der Waals surface area contributed by atoms with E-state index in [4.69, 9.17) is 16.3 Å². The van der Waals surface area contributed by atoms with Gasteiger partial charge in [0, 0.05) is 31.4 Å². The Morgan fingerprint density at radius 1 is 1.05 bits per heavy atom. The molecule has 38 heavy (non-hydrogen) atoms. The van der Waals surface area contributed by atoms with Gasteiger partial charge in [-0.25, -0.2) is 0 Å². The van der Waals surface area contributed by atoms with Crippen LogP contribution in [-0.2, 0) is 11.2 Å². The van der Waals surface area contributed by atoms with E-state index in [-0.39, 0.29) is 29.7 Å². The first-order valence-electron chi connectivity index (χ1n) is 13.3. The fourth-order valence-corrected chi connectivity index (χ4v) is 5.49. The number of nitrogens with one attached hydrogen (secondary N) is 1. The lowest BCUT2D eigenvalue weighted by atomic mass is 10.0. The predicted molar refractivity (Wildman–Crippen MR) is 140 cm³/mol. The van der Waals surface area contributed by atoms with Gasteiger partial charge < -0.3 is 24.6 Å². The van der Waals surface area contributed by atoms with Crippen LogP contribution in [0, 0.1) is 5.92 Å². The van der Waals surface area contributed by atoms with Crippen LogP contribution in [0.15, 0.2) is 42.5 Å². The number of alkyl halides is 3. The van der Waals surface area contributed by atoms with Crippen LogP contribution in [0.2, 0.25) is 5.02 Å². The molecule has 6 nitrogen and oxygen atoms in total. The molecule has 0 radical (unpaired) electrons. The zero-order valence-corrected chi connectivity index (χ0v) is 21.9. The fraction of sp³-hybridized carbons (Fsp3) is 0.536. The van der Waals surface area contributed by atoms with E-state index in [1.54, 1.807) is 12.1 Å². The summed E-state index contributed by atoms with van der Waals surface area (Å²) < 4.78 is 47.2. The lowest BCUT2D eigenvalue weighted by Gasteiger charge is -2.26. The minimum absolute atomic E-state index is 0.00788. The van der Waals surface area contributed by atoms with Gasteiger partial charge in [0.05, 0.1) is 17.0 Å². The first-order chi connectivity index (χ1) is 18.2. The average Bonchev–Trinajstić information content (AvgIpc) is 3.30. The number of amides is 1. The monoisotopic (exact) mass is 551 g/mol. The maximum atomic E-state index is 13.3. The van der Waals surface area contributed by atoms with Crippen LogP contribution >= 0.6 is 11.6 Å². The topological polar surface area (TPSA) is 54.0 Å². The molecular formula is C28H33ClF3N3O3. The number of benzene rings is 2. The largest absolute Gasteiger partial charge is 0.573 e. The third-order valence-electron chi connectivity index (χ3n) is 7.31. The van der Waals surface area contributed by atoms with E-state index in [0.717, 1.165) is 43.7 Å². The number of halogens is 4.